The van der Waals surface area contributed by atoms with Crippen LogP contribution in [0.5, 0.6) is 0 Å². The van der Waals surface area contributed by atoms with Gasteiger partial charge in [-0.3, -0.25) is 0 Å². The maximum Gasteiger partial charge on any atom is 0.336 e. The zero-order valence-corrected chi connectivity index (χ0v) is 13.0. The van der Waals surface area contributed by atoms with Gasteiger partial charge in [-0.05, 0) is 41.5 Å². The molecule has 0 atom stereocenters. The van der Waals surface area contributed by atoms with Crippen LogP contribution in [-0.2, 0) is 19.1 Å². The van der Waals surface area contributed by atoms with E-state index >= 15 is 0 Å². The molecule has 0 aromatic heterocycles. The van der Waals surface area contributed by atoms with E-state index in [1.54, 1.807) is 41.5 Å². The van der Waals surface area contributed by atoms with Crippen molar-refractivity contribution in [2.75, 3.05) is 0 Å². The van der Waals surface area contributed by atoms with Gasteiger partial charge in [-0.2, -0.15) is 0 Å². The van der Waals surface area contributed by atoms with Crippen LogP contribution in [-0.4, -0.2) is 24.1 Å². The number of hydrogen-bond donors (Lipinski definition) is 1. The van der Waals surface area contributed by atoms with Crippen LogP contribution in [0, 0.1) is 0 Å². The number of allylic oxidation sites excluding steroid dienone is 2. The van der Waals surface area contributed by atoms with Crippen LogP contribution in [0.15, 0.2) is 22.5 Å². The van der Waals surface area contributed by atoms with E-state index in [0.29, 0.717) is 22.5 Å². The third kappa shape index (κ3) is 4.11. The lowest BCUT2D eigenvalue weighted by Crippen LogP contribution is -2.28. The monoisotopic (exact) mass is 281 g/mol. The summed E-state index contributed by atoms with van der Waals surface area (Å²) in [6, 6.07) is 0. The van der Waals surface area contributed by atoms with Crippen molar-refractivity contribution >= 4 is 11.9 Å². The Balaban J connectivity index is 2.90. The highest BCUT2D eigenvalue weighted by atomic mass is 16.5. The van der Waals surface area contributed by atoms with Gasteiger partial charge in [-0.25, -0.2) is 9.59 Å². The van der Waals surface area contributed by atoms with Crippen molar-refractivity contribution in [2.45, 2.75) is 60.2 Å². The number of hydrogen-bond acceptors (Lipinski definition) is 5. The van der Waals surface area contributed by atoms with Crippen molar-refractivity contribution in [3.05, 3.63) is 22.5 Å². The molecule has 1 N–H and O–H groups in total. The van der Waals surface area contributed by atoms with Crippen molar-refractivity contribution in [3.8, 4) is 0 Å². The number of esters is 2. The molecule has 1 rings (SSSR count). The van der Waals surface area contributed by atoms with E-state index in [2.05, 4.69) is 5.32 Å². The van der Waals surface area contributed by atoms with Gasteiger partial charge in [-0.1, -0.05) is 0 Å². The third-order valence-electron chi connectivity index (χ3n) is 2.81. The third-order valence-corrected chi connectivity index (χ3v) is 2.81. The molecule has 5 nitrogen and oxygen atoms in total. The van der Waals surface area contributed by atoms with Crippen LogP contribution < -0.4 is 5.32 Å². The summed E-state index contributed by atoms with van der Waals surface area (Å²) in [5, 5.41) is 3.05. The average Bonchev–Trinajstić information content (AvgIpc) is 2.26. The quantitative estimate of drug-likeness (QED) is 0.802. The van der Waals surface area contributed by atoms with Gasteiger partial charge in [0.25, 0.3) is 0 Å². The molecule has 0 unspecified atom stereocenters. The summed E-state index contributed by atoms with van der Waals surface area (Å²) < 4.78 is 10.4. The smallest absolute Gasteiger partial charge is 0.336 e. The highest BCUT2D eigenvalue weighted by Gasteiger charge is 2.27. The summed E-state index contributed by atoms with van der Waals surface area (Å²) in [6.07, 6.45) is -0.149. The number of carbonyl (C=O) groups is 2. The van der Waals surface area contributed by atoms with Gasteiger partial charge in [0, 0.05) is 17.8 Å². The Hall–Kier alpha value is -1.78. The van der Waals surface area contributed by atoms with E-state index in [1.165, 1.54) is 0 Å². The topological polar surface area (TPSA) is 64.6 Å². The molecule has 0 spiro atoms. The minimum absolute atomic E-state index is 0.194. The van der Waals surface area contributed by atoms with Crippen LogP contribution in [0.4, 0.5) is 0 Å². The first-order valence-corrected chi connectivity index (χ1v) is 6.80. The minimum atomic E-state index is -0.396. The SMILES string of the molecule is CC1=C(C(=O)OC(C)C)CC(C(=O)OC(C)C)=C(C)N1. The molecule has 0 aliphatic carbocycles. The predicted molar refractivity (Wildman–Crippen MR) is 75.6 cm³/mol. The van der Waals surface area contributed by atoms with Gasteiger partial charge in [0.1, 0.15) is 0 Å². The van der Waals surface area contributed by atoms with E-state index in [-0.39, 0.29) is 18.6 Å². The summed E-state index contributed by atoms with van der Waals surface area (Å²) in [5.74, 6) is -0.792. The summed E-state index contributed by atoms with van der Waals surface area (Å²) in [5.41, 5.74) is 2.38. The van der Waals surface area contributed by atoms with E-state index in [9.17, 15) is 9.59 Å². The first kappa shape index (κ1) is 16.3. The molecule has 0 fully saturated rings. The molecule has 0 radical (unpaired) electrons. The normalized spacial score (nSPS) is 15.6. The van der Waals surface area contributed by atoms with Crippen molar-refractivity contribution in [2.24, 2.45) is 0 Å². The zero-order chi connectivity index (χ0) is 15.4. The van der Waals surface area contributed by atoms with Gasteiger partial charge in [-0.15, -0.1) is 0 Å². The fourth-order valence-electron chi connectivity index (χ4n) is 1.90. The van der Waals surface area contributed by atoms with Crippen LogP contribution in [0.1, 0.15) is 48.0 Å². The van der Waals surface area contributed by atoms with Gasteiger partial charge in [0.15, 0.2) is 0 Å². The van der Waals surface area contributed by atoms with Crippen molar-refractivity contribution < 1.29 is 19.1 Å². The Bertz CT molecular complexity index is 430. The minimum Gasteiger partial charge on any atom is -0.460 e. The summed E-state index contributed by atoms with van der Waals surface area (Å²) in [7, 11) is 0. The van der Waals surface area contributed by atoms with E-state index in [4.69, 9.17) is 9.47 Å². The molecule has 1 aliphatic rings. The summed E-state index contributed by atoms with van der Waals surface area (Å²) >= 11 is 0. The number of rotatable bonds is 4. The molecular weight excluding hydrogens is 258 g/mol. The Morgan fingerprint density at radius 1 is 0.900 bits per heavy atom. The Morgan fingerprint density at radius 3 is 1.55 bits per heavy atom. The Labute approximate surface area is 120 Å². The molecule has 1 heterocycles. The van der Waals surface area contributed by atoms with E-state index in [0.717, 1.165) is 0 Å². The van der Waals surface area contributed by atoms with Gasteiger partial charge in [0.2, 0.25) is 0 Å². The van der Waals surface area contributed by atoms with Crippen molar-refractivity contribution in [3.63, 3.8) is 0 Å². The molecule has 112 valence electrons. The van der Waals surface area contributed by atoms with E-state index < -0.39 is 11.9 Å². The highest BCUT2D eigenvalue weighted by molar-refractivity contribution is 5.96. The number of nitrogens with one attached hydrogen (secondary N) is 1. The first-order valence-electron chi connectivity index (χ1n) is 6.80. The molecule has 1 aliphatic heterocycles. The molecule has 5 heteroatoms. The second-order valence-corrected chi connectivity index (χ2v) is 5.42. The maximum absolute atomic E-state index is 12.0. The maximum atomic E-state index is 12.0. The Morgan fingerprint density at radius 2 is 1.25 bits per heavy atom. The van der Waals surface area contributed by atoms with Crippen LogP contribution in [0.3, 0.4) is 0 Å². The lowest BCUT2D eigenvalue weighted by molar-refractivity contribution is -0.143. The molecular formula is C15H23NO4. The predicted octanol–water partition coefficient (Wildman–Crippen LogP) is 2.43. The largest absolute Gasteiger partial charge is 0.460 e. The standard InChI is InChI=1S/C15H23NO4/c1-8(2)19-14(17)12-7-13(11(6)16-10(12)5)15(18)20-9(3)4/h8-9,16H,7H2,1-6H3. The summed E-state index contributed by atoms with van der Waals surface area (Å²) in [6.45, 7) is 10.8. The number of ether oxygens (including phenoxy) is 2. The lowest BCUT2D eigenvalue weighted by atomic mass is 9.98. The first-order chi connectivity index (χ1) is 9.22. The second kappa shape index (κ2) is 6.59. The average molecular weight is 281 g/mol. The van der Waals surface area contributed by atoms with Crippen molar-refractivity contribution in [1.29, 1.82) is 0 Å². The van der Waals surface area contributed by atoms with E-state index in [1.807, 2.05) is 0 Å². The molecule has 0 aromatic carbocycles. The van der Waals surface area contributed by atoms with Crippen LogP contribution >= 0.6 is 0 Å². The zero-order valence-electron chi connectivity index (χ0n) is 13.0. The number of carbonyl (C=O) groups excluding carboxylic acids is 2. The molecule has 0 bridgehead atoms. The molecule has 0 saturated carbocycles. The summed E-state index contributed by atoms with van der Waals surface area (Å²) in [4.78, 5) is 24.0. The van der Waals surface area contributed by atoms with Gasteiger partial charge >= 0.3 is 11.9 Å². The molecule has 0 aromatic rings. The lowest BCUT2D eigenvalue weighted by Gasteiger charge is -2.23. The fraction of sp³-hybridized carbons (Fsp3) is 0.600. The highest BCUT2D eigenvalue weighted by Crippen LogP contribution is 2.25. The van der Waals surface area contributed by atoms with Crippen molar-refractivity contribution in [1.82, 2.24) is 5.32 Å². The van der Waals surface area contributed by atoms with Gasteiger partial charge in [0.05, 0.1) is 23.4 Å². The Kier molecular flexibility index (Phi) is 5.36. The molecule has 20 heavy (non-hydrogen) atoms. The molecule has 0 amide bonds. The van der Waals surface area contributed by atoms with Crippen LogP contribution in [0.2, 0.25) is 0 Å². The van der Waals surface area contributed by atoms with Gasteiger partial charge < -0.3 is 14.8 Å². The second-order valence-electron chi connectivity index (χ2n) is 5.42. The van der Waals surface area contributed by atoms with Crippen LogP contribution in [0.25, 0.3) is 0 Å². The fourth-order valence-corrected chi connectivity index (χ4v) is 1.90. The number of dihydropyridines is 1. The molecule has 0 saturated heterocycles.